The van der Waals surface area contributed by atoms with Gasteiger partial charge in [0.25, 0.3) is 12.0 Å². The first-order valence-corrected chi connectivity index (χ1v) is 7.84. The van der Waals surface area contributed by atoms with Crippen LogP contribution in [0.25, 0.3) is 11.7 Å². The molecule has 26 heavy (non-hydrogen) atoms. The number of alkyl halides is 2. The summed E-state index contributed by atoms with van der Waals surface area (Å²) in [5.41, 5.74) is 0.133. The third-order valence-electron chi connectivity index (χ3n) is 3.67. The molecule has 1 fully saturated rings. The highest BCUT2D eigenvalue weighted by molar-refractivity contribution is 5.57. The van der Waals surface area contributed by atoms with Crippen LogP contribution in [-0.2, 0) is 0 Å². The Bertz CT molecular complexity index is 1130. The highest BCUT2D eigenvalue weighted by Crippen LogP contribution is 2.22. The molecule has 12 heteroatoms. The molecule has 10 nitrogen and oxygen atoms in total. The summed E-state index contributed by atoms with van der Waals surface area (Å²) in [6, 6.07) is 0.137. The van der Waals surface area contributed by atoms with Gasteiger partial charge in [0.15, 0.2) is 5.65 Å². The molecule has 0 amide bonds. The number of aromatic nitrogens is 6. The van der Waals surface area contributed by atoms with Crippen LogP contribution >= 0.6 is 0 Å². The molecule has 4 N–H and O–H groups in total. The van der Waals surface area contributed by atoms with Crippen LogP contribution in [0.2, 0.25) is 0 Å². The third-order valence-corrected chi connectivity index (χ3v) is 3.67. The van der Waals surface area contributed by atoms with Gasteiger partial charge in [0.2, 0.25) is 11.8 Å². The number of anilines is 1. The monoisotopic (exact) mass is 364 g/mol. The molecule has 4 rings (SSSR count). The van der Waals surface area contributed by atoms with Crippen molar-refractivity contribution in [3.05, 3.63) is 33.2 Å². The van der Waals surface area contributed by atoms with E-state index in [2.05, 4.69) is 35.3 Å². The largest absolute Gasteiger partial charge is 0.493 e. The van der Waals surface area contributed by atoms with E-state index in [1.54, 1.807) is 0 Å². The second kappa shape index (κ2) is 6.20. The number of nitrogens with zero attached hydrogens (tertiary/aromatic N) is 5. The summed E-state index contributed by atoms with van der Waals surface area (Å²) in [4.78, 5) is 28.6. The number of aromatic hydroxyl groups is 1. The van der Waals surface area contributed by atoms with Crippen LogP contribution < -0.4 is 21.8 Å². The lowest BCUT2D eigenvalue weighted by molar-refractivity contribution is 0.163. The van der Waals surface area contributed by atoms with Crippen molar-refractivity contribution in [3.8, 4) is 5.88 Å². The van der Waals surface area contributed by atoms with Gasteiger partial charge in [0.05, 0.1) is 18.8 Å². The summed E-state index contributed by atoms with van der Waals surface area (Å²) in [6.07, 6.45) is 2.22. The number of fused-ring (bicyclic) bond motifs is 1. The molecule has 0 aliphatic heterocycles. The fraction of sp³-hybridized carbons (Fsp3) is 0.357. The Hall–Kier alpha value is -3.31. The van der Waals surface area contributed by atoms with Crippen molar-refractivity contribution in [1.82, 2.24) is 29.5 Å². The normalized spacial score (nSPS) is 16.1. The molecular formula is C14H14F2N8O2. The van der Waals surface area contributed by atoms with Gasteiger partial charge in [-0.15, -0.1) is 0 Å². The minimum absolute atomic E-state index is 0.000802. The summed E-state index contributed by atoms with van der Waals surface area (Å²) in [5, 5.41) is 16.8. The molecule has 0 saturated heterocycles. The molecule has 3 aromatic rings. The Morgan fingerprint density at radius 1 is 1.42 bits per heavy atom. The molecule has 0 bridgehead atoms. The zero-order chi connectivity index (χ0) is 18.3. The van der Waals surface area contributed by atoms with Crippen molar-refractivity contribution in [1.29, 1.82) is 0 Å². The smallest absolute Gasteiger partial charge is 0.326 e. The van der Waals surface area contributed by atoms with E-state index >= 15 is 0 Å². The number of imidazole rings is 1. The second-order valence-corrected chi connectivity index (χ2v) is 5.80. The lowest BCUT2D eigenvalue weighted by Gasteiger charge is -2.04. The van der Waals surface area contributed by atoms with Crippen molar-refractivity contribution >= 4 is 17.7 Å². The van der Waals surface area contributed by atoms with E-state index in [0.717, 1.165) is 12.8 Å². The van der Waals surface area contributed by atoms with Crippen LogP contribution in [0, 0.1) is 0 Å². The van der Waals surface area contributed by atoms with Crippen molar-refractivity contribution in [2.45, 2.75) is 25.3 Å². The molecule has 3 heterocycles. The number of aromatic amines is 2. The highest BCUT2D eigenvalue weighted by Gasteiger charge is 2.21. The number of hydrogen-bond donors (Lipinski definition) is 4. The van der Waals surface area contributed by atoms with Crippen LogP contribution in [0.1, 0.15) is 18.5 Å². The Morgan fingerprint density at radius 2 is 2.23 bits per heavy atom. The minimum atomic E-state index is -2.56. The van der Waals surface area contributed by atoms with Gasteiger partial charge in [-0.3, -0.25) is 4.98 Å². The average Bonchev–Trinajstić information content (AvgIpc) is 3.22. The SMILES string of the molecule is O=c1[nH]c(O)c(/C=c2\cnn3c(=NC4CC4)nc(NCC(F)F)nc23)[nH]1. The molecule has 136 valence electrons. The van der Waals surface area contributed by atoms with Crippen molar-refractivity contribution in [2.24, 2.45) is 4.99 Å². The molecule has 3 aromatic heterocycles. The molecule has 0 aromatic carbocycles. The number of nitrogens with one attached hydrogen (secondary N) is 3. The van der Waals surface area contributed by atoms with E-state index in [9.17, 15) is 18.7 Å². The Morgan fingerprint density at radius 3 is 2.88 bits per heavy atom. The van der Waals surface area contributed by atoms with Gasteiger partial charge in [-0.05, 0) is 18.9 Å². The van der Waals surface area contributed by atoms with Gasteiger partial charge in [-0.1, -0.05) is 0 Å². The third kappa shape index (κ3) is 3.25. The van der Waals surface area contributed by atoms with E-state index in [1.807, 2.05) is 0 Å². The van der Waals surface area contributed by atoms with E-state index in [0.29, 0.717) is 10.9 Å². The first kappa shape index (κ1) is 16.2. The summed E-state index contributed by atoms with van der Waals surface area (Å²) in [7, 11) is 0. The van der Waals surface area contributed by atoms with Gasteiger partial charge in [0, 0.05) is 5.22 Å². The summed E-state index contributed by atoms with van der Waals surface area (Å²) in [5.74, 6) is -0.332. The Balaban J connectivity index is 1.88. The van der Waals surface area contributed by atoms with Crippen LogP contribution in [0.5, 0.6) is 5.88 Å². The summed E-state index contributed by atoms with van der Waals surface area (Å²) in [6.45, 7) is -0.599. The van der Waals surface area contributed by atoms with Gasteiger partial charge in [-0.25, -0.2) is 18.6 Å². The minimum Gasteiger partial charge on any atom is -0.493 e. The molecule has 1 saturated carbocycles. The van der Waals surface area contributed by atoms with Crippen molar-refractivity contribution in [2.75, 3.05) is 11.9 Å². The fourth-order valence-corrected chi connectivity index (χ4v) is 2.33. The van der Waals surface area contributed by atoms with E-state index in [-0.39, 0.29) is 29.2 Å². The van der Waals surface area contributed by atoms with Crippen LogP contribution in [0.15, 0.2) is 16.0 Å². The first-order valence-electron chi connectivity index (χ1n) is 7.84. The van der Waals surface area contributed by atoms with Crippen molar-refractivity contribution in [3.63, 3.8) is 0 Å². The zero-order valence-electron chi connectivity index (χ0n) is 13.3. The maximum Gasteiger partial charge on any atom is 0.326 e. The maximum absolute atomic E-state index is 12.5. The van der Waals surface area contributed by atoms with Gasteiger partial charge in [0.1, 0.15) is 5.69 Å². The molecule has 0 spiro atoms. The Kier molecular flexibility index (Phi) is 3.86. The predicted molar refractivity (Wildman–Crippen MR) is 85.7 cm³/mol. The first-order chi connectivity index (χ1) is 12.5. The number of rotatable bonds is 5. The lowest BCUT2D eigenvalue weighted by atomic mass is 10.3. The zero-order valence-corrected chi connectivity index (χ0v) is 13.3. The number of hydrogen-bond acceptors (Lipinski definition) is 7. The quantitative estimate of drug-likeness (QED) is 0.465. The summed E-state index contributed by atoms with van der Waals surface area (Å²) >= 11 is 0. The highest BCUT2D eigenvalue weighted by atomic mass is 19.3. The van der Waals surface area contributed by atoms with E-state index in [4.69, 9.17) is 0 Å². The molecule has 1 aliphatic carbocycles. The van der Waals surface area contributed by atoms with Crippen LogP contribution in [-0.4, -0.2) is 53.7 Å². The topological polar surface area (TPSA) is 136 Å². The molecule has 0 atom stereocenters. The molecule has 0 radical (unpaired) electrons. The molecule has 1 aliphatic rings. The van der Waals surface area contributed by atoms with Crippen LogP contribution in [0.4, 0.5) is 14.7 Å². The number of H-pyrrole nitrogens is 2. The Labute approximate surface area is 143 Å². The van der Waals surface area contributed by atoms with E-state index < -0.39 is 18.7 Å². The van der Waals surface area contributed by atoms with Gasteiger partial charge >= 0.3 is 5.69 Å². The predicted octanol–water partition coefficient (Wildman–Crippen LogP) is -0.866. The fourth-order valence-electron chi connectivity index (χ4n) is 2.33. The number of halogens is 2. The lowest BCUT2D eigenvalue weighted by Crippen LogP contribution is -2.25. The van der Waals surface area contributed by atoms with Crippen molar-refractivity contribution < 1.29 is 13.9 Å². The van der Waals surface area contributed by atoms with Crippen LogP contribution in [0.3, 0.4) is 0 Å². The maximum atomic E-state index is 12.5. The average molecular weight is 364 g/mol. The van der Waals surface area contributed by atoms with Gasteiger partial charge < -0.3 is 15.4 Å². The molecular weight excluding hydrogens is 350 g/mol. The summed E-state index contributed by atoms with van der Waals surface area (Å²) < 4.78 is 26.3. The van der Waals surface area contributed by atoms with Gasteiger partial charge in [-0.2, -0.15) is 19.6 Å². The van der Waals surface area contributed by atoms with E-state index in [1.165, 1.54) is 16.8 Å². The standard InChI is InChI=1S/C14H14F2N8O2/c15-9(16)5-17-12-21-10-6(3-8-11(25)22-14(26)20-8)4-18-24(10)13(23-12)19-7-1-2-7/h3-4,7,9,25H,1-2,5H2,(H,17,19,23)(H2,20,22,26)/b6-3+. The molecule has 0 unspecified atom stereocenters. The second-order valence-electron chi connectivity index (χ2n) is 5.80.